The number of carbonyl (C=O) groups is 2. The third-order valence-corrected chi connectivity index (χ3v) is 6.97. The molecule has 1 aromatic carbocycles. The van der Waals surface area contributed by atoms with Crippen LogP contribution in [0.1, 0.15) is 81.5 Å². The molecule has 1 aliphatic carbocycles. The molecule has 0 bridgehead atoms. The average molecular weight is 453 g/mol. The van der Waals surface area contributed by atoms with Crippen molar-refractivity contribution in [1.82, 2.24) is 20.0 Å². The van der Waals surface area contributed by atoms with Gasteiger partial charge >= 0.3 is 0 Å². The van der Waals surface area contributed by atoms with Crippen molar-refractivity contribution in [2.75, 3.05) is 7.11 Å². The van der Waals surface area contributed by atoms with E-state index >= 15 is 0 Å². The van der Waals surface area contributed by atoms with E-state index in [-0.39, 0.29) is 23.3 Å². The fraction of sp³-hybridized carbons (Fsp3) is 0.577. The van der Waals surface area contributed by atoms with Crippen LogP contribution >= 0.6 is 0 Å². The van der Waals surface area contributed by atoms with Crippen LogP contribution in [0.5, 0.6) is 5.75 Å². The molecule has 1 fully saturated rings. The lowest BCUT2D eigenvalue weighted by molar-refractivity contribution is -0.134. The molecule has 0 saturated heterocycles. The summed E-state index contributed by atoms with van der Waals surface area (Å²) in [5.74, 6) is 0.447. The monoisotopic (exact) mass is 452 g/mol. The molecule has 33 heavy (non-hydrogen) atoms. The van der Waals surface area contributed by atoms with Gasteiger partial charge in [0.15, 0.2) is 0 Å². The van der Waals surface area contributed by atoms with E-state index in [2.05, 4.69) is 26.1 Å². The number of ether oxygens (including phenoxy) is 1. The molecule has 0 spiro atoms. The number of nitrogens with zero attached hydrogens (tertiary/aromatic N) is 3. The van der Waals surface area contributed by atoms with Gasteiger partial charge in [0.1, 0.15) is 17.0 Å². The third kappa shape index (κ3) is 4.63. The van der Waals surface area contributed by atoms with Crippen LogP contribution in [0.15, 0.2) is 30.3 Å². The SMILES string of the molecule is COc1cccc(CN2C(=O)c3cc(C(C)(C)C)nn3C[C@]2(C)C(=O)NC2CCCCC2)c1. The van der Waals surface area contributed by atoms with E-state index in [4.69, 9.17) is 9.84 Å². The number of amides is 2. The fourth-order valence-corrected chi connectivity index (χ4v) is 4.80. The molecular formula is C26H36N4O3. The normalized spacial score (nSPS) is 21.6. The van der Waals surface area contributed by atoms with E-state index < -0.39 is 5.54 Å². The molecule has 4 rings (SSSR count). The number of hydrogen-bond donors (Lipinski definition) is 1. The van der Waals surface area contributed by atoms with E-state index in [1.54, 1.807) is 16.7 Å². The van der Waals surface area contributed by atoms with E-state index in [0.717, 1.165) is 42.7 Å². The molecule has 178 valence electrons. The van der Waals surface area contributed by atoms with Crippen LogP contribution < -0.4 is 10.1 Å². The van der Waals surface area contributed by atoms with Crippen LogP contribution in [0, 0.1) is 0 Å². The predicted molar refractivity (Wildman–Crippen MR) is 127 cm³/mol. The largest absolute Gasteiger partial charge is 0.497 e. The zero-order chi connectivity index (χ0) is 23.8. The molecule has 2 aliphatic rings. The van der Waals surface area contributed by atoms with Crippen molar-refractivity contribution in [3.8, 4) is 5.75 Å². The highest BCUT2D eigenvalue weighted by Crippen LogP contribution is 2.32. The molecule has 1 saturated carbocycles. The number of nitrogens with one attached hydrogen (secondary N) is 1. The second-order valence-corrected chi connectivity index (χ2v) is 10.6. The first-order valence-electron chi connectivity index (χ1n) is 12.0. The molecular weight excluding hydrogens is 416 g/mol. The Bertz CT molecular complexity index is 1030. The Kier molecular flexibility index (Phi) is 6.25. The van der Waals surface area contributed by atoms with Crippen molar-refractivity contribution in [3.05, 3.63) is 47.3 Å². The van der Waals surface area contributed by atoms with Crippen LogP contribution in [-0.4, -0.2) is 45.2 Å². The van der Waals surface area contributed by atoms with Gasteiger partial charge in [-0.2, -0.15) is 5.10 Å². The van der Waals surface area contributed by atoms with E-state index in [1.165, 1.54) is 6.42 Å². The van der Waals surface area contributed by atoms with Crippen molar-refractivity contribution < 1.29 is 14.3 Å². The highest BCUT2D eigenvalue weighted by Gasteiger charge is 2.48. The lowest BCUT2D eigenvalue weighted by atomic mass is 9.90. The van der Waals surface area contributed by atoms with Crippen molar-refractivity contribution in [2.24, 2.45) is 0 Å². The van der Waals surface area contributed by atoms with E-state index in [9.17, 15) is 9.59 Å². The van der Waals surface area contributed by atoms with Crippen LogP contribution in [0.2, 0.25) is 0 Å². The first kappa shape index (κ1) is 23.3. The summed E-state index contributed by atoms with van der Waals surface area (Å²) < 4.78 is 7.10. The second kappa shape index (κ2) is 8.84. The summed E-state index contributed by atoms with van der Waals surface area (Å²) in [6, 6.07) is 9.70. The molecule has 1 N–H and O–H groups in total. The molecule has 2 aromatic rings. The van der Waals surface area contributed by atoms with Gasteiger partial charge in [0.05, 0.1) is 19.3 Å². The van der Waals surface area contributed by atoms with Crippen molar-refractivity contribution in [1.29, 1.82) is 0 Å². The van der Waals surface area contributed by atoms with Gasteiger partial charge in [-0.25, -0.2) is 0 Å². The van der Waals surface area contributed by atoms with Crippen molar-refractivity contribution >= 4 is 11.8 Å². The van der Waals surface area contributed by atoms with Gasteiger partial charge in [-0.05, 0) is 43.5 Å². The zero-order valence-corrected chi connectivity index (χ0v) is 20.5. The highest BCUT2D eigenvalue weighted by molar-refractivity contribution is 5.99. The first-order valence-corrected chi connectivity index (χ1v) is 12.0. The van der Waals surface area contributed by atoms with E-state index in [1.807, 2.05) is 37.3 Å². The maximum atomic E-state index is 13.8. The van der Waals surface area contributed by atoms with Gasteiger partial charge in [0.25, 0.3) is 5.91 Å². The Morgan fingerprint density at radius 1 is 1.21 bits per heavy atom. The number of rotatable bonds is 5. The van der Waals surface area contributed by atoms with Gasteiger partial charge < -0.3 is 15.0 Å². The molecule has 2 heterocycles. The maximum Gasteiger partial charge on any atom is 0.273 e. The van der Waals surface area contributed by atoms with Crippen LogP contribution in [-0.2, 0) is 23.3 Å². The average Bonchev–Trinajstić information content (AvgIpc) is 3.22. The van der Waals surface area contributed by atoms with Crippen molar-refractivity contribution in [2.45, 2.75) is 89.9 Å². The summed E-state index contributed by atoms with van der Waals surface area (Å²) in [5.41, 5.74) is 1.06. The number of fused-ring (bicyclic) bond motifs is 1. The van der Waals surface area contributed by atoms with E-state index in [0.29, 0.717) is 18.8 Å². The summed E-state index contributed by atoms with van der Waals surface area (Å²) in [5, 5.41) is 7.99. The molecule has 0 unspecified atom stereocenters. The number of methoxy groups -OCH3 is 1. The van der Waals surface area contributed by atoms with Crippen LogP contribution in [0.3, 0.4) is 0 Å². The smallest absolute Gasteiger partial charge is 0.273 e. The Balaban J connectivity index is 1.70. The van der Waals surface area contributed by atoms with Gasteiger partial charge in [0.2, 0.25) is 5.91 Å². The number of benzene rings is 1. The Morgan fingerprint density at radius 3 is 2.61 bits per heavy atom. The predicted octanol–water partition coefficient (Wildman–Crippen LogP) is 4.05. The molecule has 1 atom stereocenters. The fourth-order valence-electron chi connectivity index (χ4n) is 4.80. The Hall–Kier alpha value is -2.83. The summed E-state index contributed by atoms with van der Waals surface area (Å²) in [6.45, 7) is 8.75. The van der Waals surface area contributed by atoms with Gasteiger partial charge in [-0.3, -0.25) is 14.3 Å². The molecule has 1 aromatic heterocycles. The summed E-state index contributed by atoms with van der Waals surface area (Å²) in [6.07, 6.45) is 5.47. The Morgan fingerprint density at radius 2 is 1.94 bits per heavy atom. The number of carbonyl (C=O) groups excluding carboxylic acids is 2. The summed E-state index contributed by atoms with van der Waals surface area (Å²) in [4.78, 5) is 29.2. The molecule has 7 nitrogen and oxygen atoms in total. The second-order valence-electron chi connectivity index (χ2n) is 10.6. The van der Waals surface area contributed by atoms with Crippen LogP contribution in [0.25, 0.3) is 0 Å². The van der Waals surface area contributed by atoms with Gasteiger partial charge in [0, 0.05) is 18.0 Å². The quantitative estimate of drug-likeness (QED) is 0.742. The standard InChI is InChI=1S/C26H36N4O3/c1-25(2,3)22-15-21-23(31)29(16-18-10-9-13-20(14-18)33-5)26(4,17-30(21)28-22)24(32)27-19-11-7-6-8-12-19/h9-10,13-15,19H,6-8,11-12,16-17H2,1-5H3,(H,27,32)/t26-/m1/s1. The molecule has 1 aliphatic heterocycles. The highest BCUT2D eigenvalue weighted by atomic mass is 16.5. The van der Waals surface area contributed by atoms with Crippen LogP contribution in [0.4, 0.5) is 0 Å². The van der Waals surface area contributed by atoms with Gasteiger partial charge in [-0.1, -0.05) is 52.2 Å². The summed E-state index contributed by atoms with van der Waals surface area (Å²) >= 11 is 0. The Labute approximate surface area is 196 Å². The third-order valence-electron chi connectivity index (χ3n) is 6.97. The summed E-state index contributed by atoms with van der Waals surface area (Å²) in [7, 11) is 1.62. The minimum Gasteiger partial charge on any atom is -0.497 e. The minimum atomic E-state index is -1.05. The number of aromatic nitrogens is 2. The first-order chi connectivity index (χ1) is 15.6. The maximum absolute atomic E-state index is 13.8. The lowest BCUT2D eigenvalue weighted by Crippen LogP contribution is -2.64. The number of hydrogen-bond acceptors (Lipinski definition) is 4. The minimum absolute atomic E-state index is 0.107. The molecule has 0 radical (unpaired) electrons. The molecule has 2 amide bonds. The topological polar surface area (TPSA) is 76.5 Å². The molecule has 7 heteroatoms. The lowest BCUT2D eigenvalue weighted by Gasteiger charge is -2.44. The van der Waals surface area contributed by atoms with Gasteiger partial charge in [-0.15, -0.1) is 0 Å². The zero-order valence-electron chi connectivity index (χ0n) is 20.5. The van der Waals surface area contributed by atoms with Crippen molar-refractivity contribution in [3.63, 3.8) is 0 Å².